The van der Waals surface area contributed by atoms with Gasteiger partial charge in [-0.25, -0.2) is 0 Å². The van der Waals surface area contributed by atoms with E-state index in [0.717, 1.165) is 11.3 Å². The van der Waals surface area contributed by atoms with E-state index >= 15 is 0 Å². The van der Waals surface area contributed by atoms with Crippen molar-refractivity contribution in [1.82, 2.24) is 4.98 Å². The van der Waals surface area contributed by atoms with E-state index in [2.05, 4.69) is 17.1 Å². The minimum Gasteiger partial charge on any atom is -0.539 e. The van der Waals surface area contributed by atoms with Crippen LogP contribution in [-0.4, -0.2) is 12.1 Å². The van der Waals surface area contributed by atoms with Gasteiger partial charge in [0.25, 0.3) is 0 Å². The van der Waals surface area contributed by atoms with Gasteiger partial charge in [0.2, 0.25) is 0 Å². The minimum atomic E-state index is 0. The predicted octanol–water partition coefficient (Wildman–Crippen LogP) is 2.43. The number of methoxy groups -OCH3 is 1. The molecule has 0 bridgehead atoms. The molecule has 17 heavy (non-hydrogen) atoms. The monoisotopic (exact) mass is 402 g/mol. The number of nitrogens with zero attached hydrogens (tertiary/aromatic N) is 2. The predicted molar refractivity (Wildman–Crippen MR) is 59.8 cm³/mol. The van der Waals surface area contributed by atoms with Crippen molar-refractivity contribution in [3.63, 3.8) is 0 Å². The first-order valence-electron chi connectivity index (χ1n) is 4.76. The maximum atomic E-state index is 8.96. The summed E-state index contributed by atoms with van der Waals surface area (Å²) in [5, 5.41) is 8.96. The van der Waals surface area contributed by atoms with Gasteiger partial charge in [-0.1, -0.05) is 12.1 Å². The first kappa shape index (κ1) is 13.4. The van der Waals surface area contributed by atoms with Crippen molar-refractivity contribution in [2.45, 2.75) is 0 Å². The Bertz CT molecular complexity index is 535. The number of rotatable bonds is 2. The minimum absolute atomic E-state index is 0. The first-order valence-corrected chi connectivity index (χ1v) is 4.76. The van der Waals surface area contributed by atoms with Crippen LogP contribution in [0.4, 0.5) is 0 Å². The Kier molecular flexibility index (Phi) is 4.83. The third-order valence-electron chi connectivity index (χ3n) is 2.19. The fraction of sp³-hybridized carbons (Fsp3) is 0.0769. The van der Waals surface area contributed by atoms with Gasteiger partial charge in [-0.3, -0.25) is 0 Å². The number of ether oxygens (including phenoxy) is 1. The molecule has 0 fully saturated rings. The molecular weight excluding hydrogens is 392 g/mol. The molecule has 0 atom stereocenters. The summed E-state index contributed by atoms with van der Waals surface area (Å²) in [6, 6.07) is 14.1. The molecule has 3 nitrogen and oxygen atoms in total. The molecule has 0 unspecified atom stereocenters. The summed E-state index contributed by atoms with van der Waals surface area (Å²) in [5.74, 6) is 0.530. The van der Waals surface area contributed by atoms with Gasteiger partial charge in [-0.2, -0.15) is 5.26 Å². The van der Waals surface area contributed by atoms with E-state index in [1.807, 2.05) is 18.2 Å². The molecule has 0 N–H and O–H groups in total. The third kappa shape index (κ3) is 2.91. The number of aromatic nitrogens is 1. The average molecular weight is 401 g/mol. The molecule has 0 spiro atoms. The molecule has 0 aliphatic heterocycles. The summed E-state index contributed by atoms with van der Waals surface area (Å²) in [7, 11) is 1.53. The zero-order valence-corrected chi connectivity index (χ0v) is 11.5. The number of nitriles is 1. The van der Waals surface area contributed by atoms with Crippen LogP contribution in [0.5, 0.6) is 5.75 Å². The van der Waals surface area contributed by atoms with Crippen molar-refractivity contribution in [3.8, 4) is 23.1 Å². The van der Waals surface area contributed by atoms with Crippen molar-refractivity contribution in [2.75, 3.05) is 7.11 Å². The van der Waals surface area contributed by atoms with E-state index in [-0.39, 0.29) is 20.1 Å². The van der Waals surface area contributed by atoms with E-state index in [1.54, 1.807) is 18.3 Å². The summed E-state index contributed by atoms with van der Waals surface area (Å²) in [6.45, 7) is 0. The quantitative estimate of drug-likeness (QED) is 0.727. The Balaban J connectivity index is 0.00000144. The van der Waals surface area contributed by atoms with Gasteiger partial charge < -0.3 is 9.72 Å². The van der Waals surface area contributed by atoms with E-state index in [0.29, 0.717) is 11.3 Å². The second-order valence-electron chi connectivity index (χ2n) is 3.16. The molecule has 1 aromatic carbocycles. The largest absolute Gasteiger partial charge is 0.539 e. The van der Waals surface area contributed by atoms with Crippen LogP contribution in [0.25, 0.3) is 11.3 Å². The van der Waals surface area contributed by atoms with E-state index < -0.39 is 0 Å². The normalized spacial score (nSPS) is 8.94. The van der Waals surface area contributed by atoms with Crippen molar-refractivity contribution in [3.05, 3.63) is 48.2 Å². The molecular formula is C13H9IrN2O-. The van der Waals surface area contributed by atoms with Crippen LogP contribution in [-0.2, 0) is 20.1 Å². The molecule has 0 aliphatic carbocycles. The maximum Gasteiger partial charge on any atom is 0.0826 e. The zero-order valence-electron chi connectivity index (χ0n) is 9.10. The SMILES string of the molecule is COc1c[c-]c(-c2ccccn2)cc1C#N.[Ir]. The maximum absolute atomic E-state index is 8.96. The first-order chi connectivity index (χ1) is 7.85. The zero-order chi connectivity index (χ0) is 11.4. The summed E-state index contributed by atoms with van der Waals surface area (Å²) >= 11 is 0. The van der Waals surface area contributed by atoms with Gasteiger partial charge >= 0.3 is 0 Å². The number of hydrogen-bond donors (Lipinski definition) is 0. The molecule has 0 aliphatic rings. The van der Waals surface area contributed by atoms with Crippen molar-refractivity contribution >= 4 is 0 Å². The van der Waals surface area contributed by atoms with E-state index in [9.17, 15) is 0 Å². The summed E-state index contributed by atoms with van der Waals surface area (Å²) in [6.07, 6.45) is 1.71. The molecule has 1 radical (unpaired) electrons. The number of benzene rings is 1. The van der Waals surface area contributed by atoms with Crippen molar-refractivity contribution in [2.24, 2.45) is 0 Å². The molecule has 2 rings (SSSR count). The molecule has 1 aromatic heterocycles. The summed E-state index contributed by atoms with van der Waals surface area (Å²) in [4.78, 5) is 4.20. The van der Waals surface area contributed by atoms with E-state index in [1.165, 1.54) is 7.11 Å². The Morgan fingerprint density at radius 2 is 2.24 bits per heavy atom. The van der Waals surface area contributed by atoms with Crippen LogP contribution in [0.15, 0.2) is 36.5 Å². The fourth-order valence-electron chi connectivity index (χ4n) is 1.40. The van der Waals surface area contributed by atoms with Crippen LogP contribution in [0.2, 0.25) is 0 Å². The second kappa shape index (κ2) is 6.15. The molecule has 0 amide bonds. The summed E-state index contributed by atoms with van der Waals surface area (Å²) in [5.41, 5.74) is 2.07. The number of pyridine rings is 1. The molecule has 1 heterocycles. The van der Waals surface area contributed by atoms with Crippen LogP contribution < -0.4 is 4.74 Å². The molecule has 87 valence electrons. The van der Waals surface area contributed by atoms with Crippen LogP contribution in [0.1, 0.15) is 5.56 Å². The Morgan fingerprint density at radius 1 is 1.41 bits per heavy atom. The number of hydrogen-bond acceptors (Lipinski definition) is 3. The van der Waals surface area contributed by atoms with Crippen molar-refractivity contribution < 1.29 is 24.8 Å². The Hall–Kier alpha value is -1.69. The van der Waals surface area contributed by atoms with Gasteiger partial charge in [0.15, 0.2) is 0 Å². The fourth-order valence-corrected chi connectivity index (χ4v) is 1.40. The standard InChI is InChI=1S/C13H9N2O.Ir/c1-16-13-6-5-10(8-11(13)9-14)12-4-2-3-7-15-12;/h2-4,6-8H,1H3;/q-1;. The molecule has 0 saturated heterocycles. The smallest absolute Gasteiger partial charge is 0.0826 e. The summed E-state index contributed by atoms with van der Waals surface area (Å²) < 4.78 is 5.05. The van der Waals surface area contributed by atoms with Gasteiger partial charge in [0, 0.05) is 31.9 Å². The topological polar surface area (TPSA) is 45.9 Å². The van der Waals surface area contributed by atoms with Gasteiger partial charge in [-0.15, -0.1) is 23.8 Å². The van der Waals surface area contributed by atoms with Crippen LogP contribution in [0, 0.1) is 17.4 Å². The molecule has 2 aromatic rings. The van der Waals surface area contributed by atoms with Crippen molar-refractivity contribution in [1.29, 1.82) is 5.26 Å². The van der Waals surface area contributed by atoms with Gasteiger partial charge in [-0.05, 0) is 11.8 Å². The van der Waals surface area contributed by atoms with E-state index in [4.69, 9.17) is 10.00 Å². The molecule has 4 heteroatoms. The second-order valence-corrected chi connectivity index (χ2v) is 3.16. The Labute approximate surface area is 113 Å². The van der Waals surface area contributed by atoms with Gasteiger partial charge in [0.1, 0.15) is 0 Å². The van der Waals surface area contributed by atoms with Gasteiger partial charge in [0.05, 0.1) is 18.9 Å². The average Bonchev–Trinajstić information content (AvgIpc) is 2.39. The third-order valence-corrected chi connectivity index (χ3v) is 2.19. The Morgan fingerprint density at radius 3 is 2.82 bits per heavy atom. The van der Waals surface area contributed by atoms with Crippen LogP contribution in [0.3, 0.4) is 0 Å². The molecule has 0 saturated carbocycles. The van der Waals surface area contributed by atoms with Crippen LogP contribution >= 0.6 is 0 Å².